The molecule has 0 unspecified atom stereocenters. The highest BCUT2D eigenvalue weighted by molar-refractivity contribution is 6.03. The molecule has 5 nitrogen and oxygen atoms in total. The van der Waals surface area contributed by atoms with E-state index in [1.54, 1.807) is 30.3 Å². The monoisotopic (exact) mass is 331 g/mol. The highest BCUT2D eigenvalue weighted by Gasteiger charge is 2.16. The summed E-state index contributed by atoms with van der Waals surface area (Å²) in [5, 5.41) is 2.74. The minimum absolute atomic E-state index is 0.0404. The molecule has 1 amide bonds. The van der Waals surface area contributed by atoms with E-state index in [9.17, 15) is 18.4 Å². The van der Waals surface area contributed by atoms with Gasteiger partial charge >= 0.3 is 6.61 Å². The lowest BCUT2D eigenvalue weighted by molar-refractivity contribution is -0.0493. The number of benzene rings is 2. The van der Waals surface area contributed by atoms with Crippen LogP contribution in [0.4, 0.5) is 14.5 Å². The van der Waals surface area contributed by atoms with Crippen LogP contribution in [0.1, 0.15) is 10.6 Å². The Bertz CT molecular complexity index is 952. The molecular formula is C17H11F2NO4. The summed E-state index contributed by atoms with van der Waals surface area (Å²) in [5.41, 5.74) is -0.0787. The average Bonchev–Trinajstić information content (AvgIpc) is 2.56. The first kappa shape index (κ1) is 15.7. The molecule has 1 aromatic heterocycles. The molecule has 24 heavy (non-hydrogen) atoms. The third kappa shape index (κ3) is 3.24. The summed E-state index contributed by atoms with van der Waals surface area (Å²) in [6, 6.07) is 13.3. The first-order chi connectivity index (χ1) is 11.5. The summed E-state index contributed by atoms with van der Waals surface area (Å²) in [7, 11) is 0. The van der Waals surface area contributed by atoms with Gasteiger partial charge in [0.05, 0.1) is 11.1 Å². The number of para-hydroxylation sites is 3. The zero-order valence-corrected chi connectivity index (χ0v) is 12.2. The maximum atomic E-state index is 12.4. The number of carbonyl (C=O) groups is 1. The van der Waals surface area contributed by atoms with Crippen LogP contribution in [0.2, 0.25) is 0 Å². The number of rotatable bonds is 4. The lowest BCUT2D eigenvalue weighted by atomic mass is 10.2. The van der Waals surface area contributed by atoms with Gasteiger partial charge in [0, 0.05) is 6.07 Å². The van der Waals surface area contributed by atoms with E-state index < -0.39 is 12.5 Å². The predicted molar refractivity (Wildman–Crippen MR) is 83.5 cm³/mol. The Hall–Kier alpha value is -3.22. The fourth-order valence-corrected chi connectivity index (χ4v) is 2.17. The van der Waals surface area contributed by atoms with Crippen LogP contribution in [0.15, 0.2) is 63.8 Å². The molecule has 0 saturated heterocycles. The van der Waals surface area contributed by atoms with Crippen LogP contribution in [0.25, 0.3) is 11.0 Å². The van der Waals surface area contributed by atoms with Crippen molar-refractivity contribution in [3.8, 4) is 5.75 Å². The summed E-state index contributed by atoms with van der Waals surface area (Å²) in [6.45, 7) is -3.03. The first-order valence-corrected chi connectivity index (χ1v) is 6.92. The molecule has 0 aliphatic carbocycles. The van der Waals surface area contributed by atoms with Crippen LogP contribution in [0.3, 0.4) is 0 Å². The molecule has 122 valence electrons. The van der Waals surface area contributed by atoms with Gasteiger partial charge in [0.15, 0.2) is 11.2 Å². The van der Waals surface area contributed by atoms with Crippen LogP contribution in [0, 0.1) is 0 Å². The van der Waals surface area contributed by atoms with Gasteiger partial charge in [-0.2, -0.15) is 8.78 Å². The maximum Gasteiger partial charge on any atom is 0.387 e. The standard InChI is InChI=1S/C17H11F2NO4/c18-17(19)24-14-8-4-2-6-11(14)20-16(22)15-9-12(21)10-5-1-3-7-13(10)23-15/h1-9,17H,(H,20,22). The highest BCUT2D eigenvalue weighted by atomic mass is 19.3. The summed E-state index contributed by atoms with van der Waals surface area (Å²) < 4.78 is 34.5. The van der Waals surface area contributed by atoms with E-state index in [0.29, 0.717) is 5.39 Å². The quantitative estimate of drug-likeness (QED) is 0.792. The van der Waals surface area contributed by atoms with Crippen molar-refractivity contribution in [2.24, 2.45) is 0 Å². The lowest BCUT2D eigenvalue weighted by Gasteiger charge is -2.11. The van der Waals surface area contributed by atoms with Gasteiger partial charge in [0.25, 0.3) is 5.91 Å². The van der Waals surface area contributed by atoms with Gasteiger partial charge in [-0.25, -0.2) is 0 Å². The predicted octanol–water partition coefficient (Wildman–Crippen LogP) is 3.65. The summed E-state index contributed by atoms with van der Waals surface area (Å²) in [5.74, 6) is -1.17. The molecule has 0 aliphatic rings. The zero-order valence-electron chi connectivity index (χ0n) is 12.2. The van der Waals surface area contributed by atoms with E-state index in [2.05, 4.69) is 10.1 Å². The number of ether oxygens (including phenoxy) is 1. The molecule has 0 bridgehead atoms. The molecule has 0 aliphatic heterocycles. The molecule has 3 rings (SSSR count). The Labute approximate surface area is 134 Å². The van der Waals surface area contributed by atoms with Crippen molar-refractivity contribution in [3.63, 3.8) is 0 Å². The average molecular weight is 331 g/mol. The smallest absolute Gasteiger partial charge is 0.387 e. The molecule has 0 radical (unpaired) electrons. The Morgan fingerprint density at radius 3 is 2.58 bits per heavy atom. The largest absolute Gasteiger partial charge is 0.451 e. The second-order valence-electron chi connectivity index (χ2n) is 4.80. The third-order valence-electron chi connectivity index (χ3n) is 3.21. The molecule has 0 spiro atoms. The lowest BCUT2D eigenvalue weighted by Crippen LogP contribution is -2.16. The van der Waals surface area contributed by atoms with Crippen LogP contribution in [0.5, 0.6) is 5.75 Å². The number of hydrogen-bond acceptors (Lipinski definition) is 4. The van der Waals surface area contributed by atoms with Gasteiger partial charge in [-0.05, 0) is 24.3 Å². The number of nitrogens with one attached hydrogen (secondary N) is 1. The van der Waals surface area contributed by atoms with Gasteiger partial charge in [-0.3, -0.25) is 9.59 Å². The number of amides is 1. The highest BCUT2D eigenvalue weighted by Crippen LogP contribution is 2.26. The maximum absolute atomic E-state index is 12.4. The van der Waals surface area contributed by atoms with Crippen LogP contribution in [-0.4, -0.2) is 12.5 Å². The minimum Gasteiger partial charge on any atom is -0.451 e. The molecule has 0 saturated carbocycles. The molecule has 2 aromatic carbocycles. The van der Waals surface area contributed by atoms with Gasteiger partial charge in [0.2, 0.25) is 0 Å². The number of hydrogen-bond donors (Lipinski definition) is 1. The van der Waals surface area contributed by atoms with Gasteiger partial charge in [-0.1, -0.05) is 24.3 Å². The van der Waals surface area contributed by atoms with Crippen molar-refractivity contribution in [2.45, 2.75) is 6.61 Å². The van der Waals surface area contributed by atoms with E-state index in [4.69, 9.17) is 4.42 Å². The van der Waals surface area contributed by atoms with Gasteiger partial charge in [-0.15, -0.1) is 0 Å². The fourth-order valence-electron chi connectivity index (χ4n) is 2.17. The molecule has 0 atom stereocenters. The van der Waals surface area contributed by atoms with E-state index in [-0.39, 0.29) is 28.2 Å². The van der Waals surface area contributed by atoms with Crippen molar-refractivity contribution in [3.05, 3.63) is 70.6 Å². The normalized spacial score (nSPS) is 10.8. The van der Waals surface area contributed by atoms with Crippen molar-refractivity contribution in [1.82, 2.24) is 0 Å². The van der Waals surface area contributed by atoms with E-state index in [1.165, 1.54) is 18.2 Å². The van der Waals surface area contributed by atoms with Crippen molar-refractivity contribution in [1.29, 1.82) is 0 Å². The van der Waals surface area contributed by atoms with E-state index in [1.807, 2.05) is 0 Å². The Kier molecular flexibility index (Phi) is 4.24. The Morgan fingerprint density at radius 2 is 1.79 bits per heavy atom. The van der Waals surface area contributed by atoms with Crippen molar-refractivity contribution >= 4 is 22.6 Å². The van der Waals surface area contributed by atoms with Crippen molar-refractivity contribution < 1.29 is 22.7 Å². The van der Waals surface area contributed by atoms with Crippen LogP contribution >= 0.6 is 0 Å². The summed E-state index contributed by atoms with van der Waals surface area (Å²) in [6.07, 6.45) is 0. The molecule has 7 heteroatoms. The second-order valence-corrected chi connectivity index (χ2v) is 4.80. The van der Waals surface area contributed by atoms with E-state index in [0.717, 1.165) is 6.07 Å². The Balaban J connectivity index is 1.92. The first-order valence-electron chi connectivity index (χ1n) is 6.92. The molecule has 0 fully saturated rings. The number of carbonyl (C=O) groups excluding carboxylic acids is 1. The second kappa shape index (κ2) is 6.49. The number of halogens is 2. The topological polar surface area (TPSA) is 68.5 Å². The van der Waals surface area contributed by atoms with Crippen LogP contribution in [-0.2, 0) is 0 Å². The SMILES string of the molecule is O=C(Nc1ccccc1OC(F)F)c1cc(=O)c2ccccc2o1. The molecule has 3 aromatic rings. The molecule has 1 heterocycles. The number of anilines is 1. The Morgan fingerprint density at radius 1 is 1.08 bits per heavy atom. The molecule has 1 N–H and O–H groups in total. The summed E-state index contributed by atoms with van der Waals surface area (Å²) in [4.78, 5) is 24.3. The number of alkyl halides is 2. The zero-order chi connectivity index (χ0) is 17.1. The fraction of sp³-hybridized carbons (Fsp3) is 0.0588. The third-order valence-corrected chi connectivity index (χ3v) is 3.21. The molecular weight excluding hydrogens is 320 g/mol. The van der Waals surface area contributed by atoms with Crippen molar-refractivity contribution in [2.75, 3.05) is 5.32 Å². The van der Waals surface area contributed by atoms with Gasteiger partial charge < -0.3 is 14.5 Å². The number of fused-ring (bicyclic) bond motifs is 1. The van der Waals surface area contributed by atoms with Gasteiger partial charge in [0.1, 0.15) is 11.3 Å². The van der Waals surface area contributed by atoms with Crippen LogP contribution < -0.4 is 15.5 Å². The minimum atomic E-state index is -3.03. The van der Waals surface area contributed by atoms with E-state index >= 15 is 0 Å². The summed E-state index contributed by atoms with van der Waals surface area (Å²) >= 11 is 0.